The molecule has 0 saturated heterocycles. The number of nitrogens with zero attached hydrogens (tertiary/aromatic N) is 1. The predicted molar refractivity (Wildman–Crippen MR) is 121 cm³/mol. The SMILES string of the molecule is COc1cc(-c2ccc(F)cc2F)cc([C@H](CC(=O)O)NC(=O)NC2C(=O)C=C(C)N(C)C2=O)c1.[H-].[Na+]. The molecule has 36 heavy (non-hydrogen) atoms. The van der Waals surface area contributed by atoms with Crippen LogP contribution < -0.4 is 44.9 Å². The molecule has 186 valence electrons. The van der Waals surface area contributed by atoms with Crippen molar-refractivity contribution in [2.75, 3.05) is 14.2 Å². The van der Waals surface area contributed by atoms with Crippen LogP contribution in [-0.2, 0) is 14.4 Å². The normalized spacial score (nSPS) is 16.0. The molecule has 2 aromatic rings. The van der Waals surface area contributed by atoms with Gasteiger partial charge in [0.1, 0.15) is 17.4 Å². The van der Waals surface area contributed by atoms with Gasteiger partial charge < -0.3 is 26.8 Å². The Kier molecular flexibility index (Phi) is 9.74. The topological polar surface area (TPSA) is 125 Å². The van der Waals surface area contributed by atoms with Crippen molar-refractivity contribution in [1.29, 1.82) is 0 Å². The van der Waals surface area contributed by atoms with Gasteiger partial charge in [0.25, 0.3) is 5.91 Å². The number of allylic oxidation sites excluding steroid dienone is 1. The Morgan fingerprint density at radius 1 is 1.19 bits per heavy atom. The van der Waals surface area contributed by atoms with E-state index in [4.69, 9.17) is 4.74 Å². The van der Waals surface area contributed by atoms with Crippen LogP contribution in [0.2, 0.25) is 0 Å². The molecular weight excluding hydrogens is 487 g/mol. The minimum absolute atomic E-state index is 0. The Hall–Kier alpha value is -3.28. The molecule has 0 aliphatic carbocycles. The van der Waals surface area contributed by atoms with Gasteiger partial charge in [-0.05, 0) is 48.4 Å². The van der Waals surface area contributed by atoms with Crippen molar-refractivity contribution in [1.82, 2.24) is 15.5 Å². The smallest absolute Gasteiger partial charge is 1.00 e. The summed E-state index contributed by atoms with van der Waals surface area (Å²) in [5.74, 6) is -3.89. The van der Waals surface area contributed by atoms with Crippen LogP contribution in [0.3, 0.4) is 0 Å². The fourth-order valence-electron chi connectivity index (χ4n) is 3.59. The third-order valence-electron chi connectivity index (χ3n) is 5.51. The minimum atomic E-state index is -1.47. The van der Waals surface area contributed by atoms with Gasteiger partial charge in [0.05, 0.1) is 19.6 Å². The van der Waals surface area contributed by atoms with Crippen molar-refractivity contribution in [3.63, 3.8) is 0 Å². The van der Waals surface area contributed by atoms with E-state index in [-0.39, 0.29) is 53.4 Å². The van der Waals surface area contributed by atoms with Crippen molar-refractivity contribution >= 4 is 23.7 Å². The first-order valence-corrected chi connectivity index (χ1v) is 10.4. The third-order valence-corrected chi connectivity index (χ3v) is 5.51. The van der Waals surface area contributed by atoms with E-state index in [1.165, 1.54) is 49.4 Å². The van der Waals surface area contributed by atoms with E-state index in [0.717, 1.165) is 6.07 Å². The molecule has 3 rings (SSSR count). The Balaban J connectivity index is 0.00000342. The number of methoxy groups -OCH3 is 1. The Morgan fingerprint density at radius 3 is 2.50 bits per heavy atom. The van der Waals surface area contributed by atoms with Crippen LogP contribution in [0.25, 0.3) is 11.1 Å². The van der Waals surface area contributed by atoms with Crippen molar-refractivity contribution in [3.05, 3.63) is 65.4 Å². The second-order valence-electron chi connectivity index (χ2n) is 7.91. The van der Waals surface area contributed by atoms with Gasteiger partial charge in [-0.2, -0.15) is 0 Å². The summed E-state index contributed by atoms with van der Waals surface area (Å²) in [6.07, 6.45) is 0.643. The van der Waals surface area contributed by atoms with Gasteiger partial charge in [0.2, 0.25) is 0 Å². The number of carbonyl (C=O) groups is 4. The number of ketones is 1. The zero-order valence-corrected chi connectivity index (χ0v) is 22.1. The summed E-state index contributed by atoms with van der Waals surface area (Å²) in [6, 6.07) is 3.80. The summed E-state index contributed by atoms with van der Waals surface area (Å²) >= 11 is 0. The molecule has 2 atom stereocenters. The van der Waals surface area contributed by atoms with Crippen molar-refractivity contribution in [3.8, 4) is 16.9 Å². The number of halogens is 2. The van der Waals surface area contributed by atoms with Crippen LogP contribution in [0.4, 0.5) is 13.6 Å². The molecule has 3 amide bonds. The van der Waals surface area contributed by atoms with E-state index in [1.807, 2.05) is 0 Å². The van der Waals surface area contributed by atoms with Gasteiger partial charge in [0.15, 0.2) is 11.8 Å². The van der Waals surface area contributed by atoms with E-state index in [9.17, 15) is 33.1 Å². The summed E-state index contributed by atoms with van der Waals surface area (Å²) in [4.78, 5) is 50.0. The minimum Gasteiger partial charge on any atom is -1.00 e. The maximum Gasteiger partial charge on any atom is 1.00 e. The standard InChI is InChI=1S/C24H23F2N3O6.Na.H/c1-12-6-20(30)22(23(33)29(12)2)28-24(34)27-19(11-21(31)32)14-7-13(8-16(9-14)35-3)17-5-4-15(25)10-18(17)26;;/h4-10,19,22H,11H2,1-3H3,(H,31,32)(H2,27,28,34);;/q;+1;-1/t19-,22?;;/m0../s1. The van der Waals surface area contributed by atoms with Crippen LogP contribution in [0.5, 0.6) is 5.75 Å². The maximum atomic E-state index is 14.4. The van der Waals surface area contributed by atoms with Crippen LogP contribution in [0.15, 0.2) is 48.2 Å². The molecule has 0 fully saturated rings. The fourth-order valence-corrected chi connectivity index (χ4v) is 3.59. The summed E-state index contributed by atoms with van der Waals surface area (Å²) in [7, 11) is 2.80. The molecule has 0 saturated carbocycles. The van der Waals surface area contributed by atoms with Gasteiger partial charge in [-0.3, -0.25) is 14.4 Å². The maximum absolute atomic E-state index is 14.4. The van der Waals surface area contributed by atoms with Crippen molar-refractivity contribution < 1.29 is 68.8 Å². The fraction of sp³-hybridized carbons (Fsp3) is 0.250. The van der Waals surface area contributed by atoms with Crippen LogP contribution in [0, 0.1) is 11.6 Å². The molecule has 0 bridgehead atoms. The molecule has 0 radical (unpaired) electrons. The molecule has 0 aromatic heterocycles. The molecule has 9 nitrogen and oxygen atoms in total. The van der Waals surface area contributed by atoms with E-state index in [0.29, 0.717) is 11.8 Å². The second-order valence-corrected chi connectivity index (χ2v) is 7.91. The van der Waals surface area contributed by atoms with Crippen molar-refractivity contribution in [2.24, 2.45) is 0 Å². The molecule has 1 aliphatic rings. The van der Waals surface area contributed by atoms with Gasteiger partial charge in [-0.1, -0.05) is 0 Å². The number of carboxylic acids is 1. The Labute approximate surface area is 229 Å². The third kappa shape index (κ3) is 6.68. The second kappa shape index (κ2) is 12.1. The predicted octanol–water partition coefficient (Wildman–Crippen LogP) is -0.115. The zero-order chi connectivity index (χ0) is 25.9. The van der Waals surface area contributed by atoms with Crippen LogP contribution in [0.1, 0.15) is 26.4 Å². The van der Waals surface area contributed by atoms with Gasteiger partial charge in [-0.25, -0.2) is 13.6 Å². The molecular formula is C24H24F2N3NaO6. The van der Waals surface area contributed by atoms with Gasteiger partial charge >= 0.3 is 41.6 Å². The summed E-state index contributed by atoms with van der Waals surface area (Å²) in [5.41, 5.74) is 0.955. The first kappa shape index (κ1) is 29.0. The zero-order valence-electron chi connectivity index (χ0n) is 21.1. The molecule has 12 heteroatoms. The van der Waals surface area contributed by atoms with Crippen LogP contribution >= 0.6 is 0 Å². The van der Waals surface area contributed by atoms with Gasteiger partial charge in [-0.15, -0.1) is 0 Å². The molecule has 1 unspecified atom stereocenters. The molecule has 1 aliphatic heterocycles. The number of urea groups is 1. The molecule has 3 N–H and O–H groups in total. The summed E-state index contributed by atoms with van der Waals surface area (Å²) in [6.45, 7) is 1.57. The Morgan fingerprint density at radius 2 is 1.89 bits per heavy atom. The number of ether oxygens (including phenoxy) is 1. The monoisotopic (exact) mass is 511 g/mol. The van der Waals surface area contributed by atoms with E-state index < -0.39 is 53.8 Å². The summed E-state index contributed by atoms with van der Waals surface area (Å²) < 4.78 is 33.0. The van der Waals surface area contributed by atoms with Crippen molar-refractivity contribution in [2.45, 2.75) is 25.4 Å². The largest absolute Gasteiger partial charge is 1.00 e. The molecule has 1 heterocycles. The van der Waals surface area contributed by atoms with Crippen LogP contribution in [-0.4, -0.2) is 53.9 Å². The molecule has 0 spiro atoms. The average molecular weight is 511 g/mol. The number of rotatable bonds is 7. The first-order chi connectivity index (χ1) is 16.5. The first-order valence-electron chi connectivity index (χ1n) is 10.4. The number of carbonyl (C=O) groups excluding carboxylic acids is 3. The number of hydrogen-bond donors (Lipinski definition) is 3. The molecule has 2 aromatic carbocycles. The number of amides is 3. The summed E-state index contributed by atoms with van der Waals surface area (Å²) in [5, 5.41) is 14.1. The number of benzene rings is 2. The quantitative estimate of drug-likeness (QED) is 0.352. The number of likely N-dealkylation sites (N-methyl/N-ethyl adjacent to an activating group) is 1. The Bertz CT molecular complexity index is 1240. The number of hydrogen-bond acceptors (Lipinski definition) is 5. The van der Waals surface area contributed by atoms with Gasteiger partial charge in [0, 0.05) is 30.5 Å². The van der Waals surface area contributed by atoms with E-state index >= 15 is 0 Å². The van der Waals surface area contributed by atoms with E-state index in [2.05, 4.69) is 10.6 Å². The number of carboxylic acid groups (broad SMARTS) is 1. The average Bonchev–Trinajstić information content (AvgIpc) is 2.79. The number of aliphatic carboxylic acids is 1. The number of nitrogens with one attached hydrogen (secondary N) is 2. The van der Waals surface area contributed by atoms with E-state index in [1.54, 1.807) is 6.92 Å².